The molecule has 1 aromatic carbocycles. The Morgan fingerprint density at radius 1 is 1.10 bits per heavy atom. The van der Waals surface area contributed by atoms with Crippen LogP contribution in [-0.2, 0) is 6.42 Å². The second-order valence-corrected chi connectivity index (χ2v) is 7.68. The Hall–Kier alpha value is -1.20. The molecule has 3 rings (SSSR count). The highest BCUT2D eigenvalue weighted by molar-refractivity contribution is 7.26. The molecule has 0 fully saturated rings. The van der Waals surface area contributed by atoms with Crippen LogP contribution in [0.15, 0.2) is 41.8 Å². The van der Waals surface area contributed by atoms with Crippen LogP contribution in [0.2, 0.25) is 0 Å². The summed E-state index contributed by atoms with van der Waals surface area (Å²) >= 11 is 3.62. The maximum atomic E-state index is 5.78. The van der Waals surface area contributed by atoms with Gasteiger partial charge in [-0.1, -0.05) is 38.1 Å². The maximum absolute atomic E-state index is 5.78. The molecule has 3 N–H and O–H groups in total. The molecule has 0 aliphatic carbocycles. The van der Waals surface area contributed by atoms with Crippen molar-refractivity contribution in [1.82, 2.24) is 5.43 Å². The first-order valence-corrected chi connectivity index (χ1v) is 8.89. The molecule has 2 heterocycles. The average molecular weight is 316 g/mol. The van der Waals surface area contributed by atoms with Crippen LogP contribution in [0.25, 0.3) is 9.40 Å². The highest BCUT2D eigenvalue weighted by Crippen LogP contribution is 2.34. The highest BCUT2D eigenvalue weighted by Gasteiger charge is 2.14. The van der Waals surface area contributed by atoms with Crippen molar-refractivity contribution in [3.05, 3.63) is 57.8 Å². The van der Waals surface area contributed by atoms with Crippen LogP contribution < -0.4 is 11.3 Å². The van der Waals surface area contributed by atoms with Crippen molar-refractivity contribution in [2.45, 2.75) is 32.2 Å². The number of benzene rings is 1. The lowest BCUT2D eigenvalue weighted by Crippen LogP contribution is -2.28. The van der Waals surface area contributed by atoms with Gasteiger partial charge in [0, 0.05) is 14.3 Å². The van der Waals surface area contributed by atoms with Crippen LogP contribution >= 0.6 is 22.7 Å². The van der Waals surface area contributed by atoms with Gasteiger partial charge in [0.1, 0.15) is 0 Å². The summed E-state index contributed by atoms with van der Waals surface area (Å²) in [7, 11) is 0. The van der Waals surface area contributed by atoms with Gasteiger partial charge in [-0.25, -0.2) is 0 Å². The molecule has 4 heteroatoms. The first-order valence-electron chi connectivity index (χ1n) is 7.19. The van der Waals surface area contributed by atoms with Crippen LogP contribution in [0.5, 0.6) is 0 Å². The molecule has 0 spiro atoms. The zero-order valence-corrected chi connectivity index (χ0v) is 13.9. The van der Waals surface area contributed by atoms with E-state index in [-0.39, 0.29) is 6.04 Å². The van der Waals surface area contributed by atoms with E-state index in [0.717, 1.165) is 6.42 Å². The first kappa shape index (κ1) is 14.7. The molecule has 0 amide bonds. The summed E-state index contributed by atoms with van der Waals surface area (Å²) < 4.78 is 2.70. The number of fused-ring (bicyclic) bond motifs is 1. The fourth-order valence-electron chi connectivity index (χ4n) is 2.47. The van der Waals surface area contributed by atoms with Crippen molar-refractivity contribution in [2.75, 3.05) is 0 Å². The Kier molecular flexibility index (Phi) is 4.40. The van der Waals surface area contributed by atoms with Crippen LogP contribution in [0.1, 0.15) is 41.8 Å². The fourth-order valence-corrected chi connectivity index (χ4v) is 4.65. The molecule has 0 saturated carbocycles. The predicted octanol–water partition coefficient (Wildman–Crippen LogP) is 4.83. The summed E-state index contributed by atoms with van der Waals surface area (Å²) in [6.07, 6.45) is 0.919. The van der Waals surface area contributed by atoms with Gasteiger partial charge in [0.05, 0.1) is 6.04 Å². The fraction of sp³-hybridized carbons (Fsp3) is 0.294. The standard InChI is InChI=1S/C17H20N2S2/c1-11(2)13-5-3-12(4-6-13)9-14(19-18)16-10-17-15(21-16)7-8-20-17/h3-8,10-11,14,19H,9,18H2,1-2H3. The molecule has 0 radical (unpaired) electrons. The predicted molar refractivity (Wildman–Crippen MR) is 94.0 cm³/mol. The minimum atomic E-state index is 0.180. The van der Waals surface area contributed by atoms with Crippen LogP contribution in [0.4, 0.5) is 0 Å². The van der Waals surface area contributed by atoms with Gasteiger partial charge in [0.25, 0.3) is 0 Å². The number of hydrogen-bond acceptors (Lipinski definition) is 4. The van der Waals surface area contributed by atoms with E-state index in [1.54, 1.807) is 11.3 Å². The number of thiophene rings is 2. The molecule has 3 aromatic rings. The minimum Gasteiger partial charge on any atom is -0.271 e. The molecule has 110 valence electrons. The van der Waals surface area contributed by atoms with Gasteiger partial charge in [-0.3, -0.25) is 11.3 Å². The zero-order valence-electron chi connectivity index (χ0n) is 12.3. The Morgan fingerprint density at radius 2 is 1.86 bits per heavy atom. The van der Waals surface area contributed by atoms with Crippen molar-refractivity contribution in [3.63, 3.8) is 0 Å². The second-order valence-electron chi connectivity index (χ2n) is 5.62. The monoisotopic (exact) mass is 316 g/mol. The summed E-state index contributed by atoms with van der Waals surface area (Å²) in [5.74, 6) is 6.36. The van der Waals surface area contributed by atoms with Crippen molar-refractivity contribution >= 4 is 32.1 Å². The summed E-state index contributed by atoms with van der Waals surface area (Å²) in [6.45, 7) is 4.44. The molecular weight excluding hydrogens is 296 g/mol. The molecule has 1 atom stereocenters. The maximum Gasteiger partial charge on any atom is 0.0594 e. The van der Waals surface area contributed by atoms with Gasteiger partial charge in [0.15, 0.2) is 0 Å². The lowest BCUT2D eigenvalue weighted by Gasteiger charge is -2.15. The third-order valence-corrected chi connectivity index (χ3v) is 6.00. The third-order valence-electron chi connectivity index (χ3n) is 3.79. The lowest BCUT2D eigenvalue weighted by molar-refractivity contribution is 0.561. The normalized spacial score (nSPS) is 13.1. The smallest absolute Gasteiger partial charge is 0.0594 e. The van der Waals surface area contributed by atoms with Crippen molar-refractivity contribution in [3.8, 4) is 0 Å². The molecule has 0 bridgehead atoms. The van der Waals surface area contributed by atoms with Crippen LogP contribution in [0.3, 0.4) is 0 Å². The average Bonchev–Trinajstić information content (AvgIpc) is 3.06. The SMILES string of the molecule is CC(C)c1ccc(CC(NN)c2cc3sccc3s2)cc1. The molecule has 21 heavy (non-hydrogen) atoms. The van der Waals surface area contributed by atoms with E-state index in [2.05, 4.69) is 61.1 Å². The molecule has 2 aromatic heterocycles. The molecule has 0 aliphatic heterocycles. The Balaban J connectivity index is 1.79. The summed E-state index contributed by atoms with van der Waals surface area (Å²) in [6, 6.07) is 13.5. The highest BCUT2D eigenvalue weighted by atomic mass is 32.1. The Labute approximate surface area is 133 Å². The van der Waals surface area contributed by atoms with Crippen LogP contribution in [0, 0.1) is 0 Å². The molecule has 2 nitrogen and oxygen atoms in total. The summed E-state index contributed by atoms with van der Waals surface area (Å²) in [5, 5.41) is 2.14. The van der Waals surface area contributed by atoms with E-state index in [4.69, 9.17) is 5.84 Å². The zero-order chi connectivity index (χ0) is 14.8. The number of rotatable bonds is 5. The van der Waals surface area contributed by atoms with E-state index in [0.29, 0.717) is 5.92 Å². The van der Waals surface area contributed by atoms with Crippen molar-refractivity contribution < 1.29 is 0 Å². The minimum absolute atomic E-state index is 0.180. The van der Waals surface area contributed by atoms with Gasteiger partial charge < -0.3 is 0 Å². The molecule has 1 unspecified atom stereocenters. The number of nitrogens with two attached hydrogens (primary N) is 1. The largest absolute Gasteiger partial charge is 0.271 e. The summed E-state index contributed by atoms with van der Waals surface area (Å²) in [4.78, 5) is 1.31. The van der Waals surface area contributed by atoms with Crippen molar-refractivity contribution in [1.29, 1.82) is 0 Å². The summed E-state index contributed by atoms with van der Waals surface area (Å²) in [5.41, 5.74) is 5.67. The number of nitrogens with one attached hydrogen (secondary N) is 1. The number of hydrazine groups is 1. The van der Waals surface area contributed by atoms with Gasteiger partial charge in [-0.2, -0.15) is 0 Å². The third kappa shape index (κ3) is 3.19. The van der Waals surface area contributed by atoms with E-state index >= 15 is 0 Å². The van der Waals surface area contributed by atoms with E-state index in [1.807, 2.05) is 11.3 Å². The molecular formula is C17H20N2S2. The van der Waals surface area contributed by atoms with E-state index in [9.17, 15) is 0 Å². The Bertz CT molecular complexity index is 681. The van der Waals surface area contributed by atoms with Crippen molar-refractivity contribution in [2.24, 2.45) is 5.84 Å². The number of hydrogen-bond donors (Lipinski definition) is 2. The quantitative estimate of drug-likeness (QED) is 0.522. The molecule has 0 saturated heterocycles. The van der Waals surface area contributed by atoms with E-state index < -0.39 is 0 Å². The lowest BCUT2D eigenvalue weighted by atomic mass is 9.99. The molecule has 0 aliphatic rings. The van der Waals surface area contributed by atoms with Gasteiger partial charge in [-0.15, -0.1) is 22.7 Å². The van der Waals surface area contributed by atoms with Gasteiger partial charge in [-0.05, 0) is 41.0 Å². The Morgan fingerprint density at radius 3 is 2.48 bits per heavy atom. The topological polar surface area (TPSA) is 38.0 Å². The van der Waals surface area contributed by atoms with Gasteiger partial charge in [0.2, 0.25) is 0 Å². The van der Waals surface area contributed by atoms with E-state index in [1.165, 1.54) is 25.4 Å². The second kappa shape index (κ2) is 6.28. The van der Waals surface area contributed by atoms with Crippen LogP contribution in [-0.4, -0.2) is 0 Å². The first-order chi connectivity index (χ1) is 10.2. The van der Waals surface area contributed by atoms with Gasteiger partial charge >= 0.3 is 0 Å².